The van der Waals surface area contributed by atoms with Crippen LogP contribution >= 0.6 is 15.9 Å². The normalized spacial score (nSPS) is 13.4. The van der Waals surface area contributed by atoms with Crippen LogP contribution in [0.25, 0.3) is 11.1 Å². The summed E-state index contributed by atoms with van der Waals surface area (Å²) in [5, 5.41) is 9.18. The van der Waals surface area contributed by atoms with Gasteiger partial charge in [0.05, 0.1) is 12.2 Å². The van der Waals surface area contributed by atoms with E-state index in [0.29, 0.717) is 4.47 Å². The third-order valence-electron chi connectivity index (χ3n) is 3.44. The number of hydrogen-bond acceptors (Lipinski definition) is 2. The molecule has 1 aliphatic heterocycles. The van der Waals surface area contributed by atoms with E-state index in [0.717, 1.165) is 36.3 Å². The van der Waals surface area contributed by atoms with E-state index in [1.165, 1.54) is 5.56 Å². The highest BCUT2D eigenvalue weighted by atomic mass is 79.9. The van der Waals surface area contributed by atoms with Gasteiger partial charge in [-0.05, 0) is 69.7 Å². The molecule has 2 aromatic carbocycles. The maximum Gasteiger partial charge on any atom is 0.336 e. The second-order valence-corrected chi connectivity index (χ2v) is 5.63. The van der Waals surface area contributed by atoms with Crippen LogP contribution in [0.4, 0.5) is 0 Å². The van der Waals surface area contributed by atoms with Crippen molar-refractivity contribution in [1.82, 2.24) is 0 Å². The van der Waals surface area contributed by atoms with E-state index in [1.807, 2.05) is 18.2 Å². The zero-order chi connectivity index (χ0) is 14.1. The fraction of sp³-hybridized carbons (Fsp3) is 0.188. The van der Waals surface area contributed by atoms with Crippen LogP contribution in [0, 0.1) is 0 Å². The van der Waals surface area contributed by atoms with Crippen molar-refractivity contribution in [2.45, 2.75) is 12.8 Å². The number of carbonyl (C=O) groups is 1. The Kier molecular flexibility index (Phi) is 3.49. The van der Waals surface area contributed by atoms with Crippen molar-refractivity contribution in [3.8, 4) is 16.9 Å². The molecule has 0 bridgehead atoms. The first-order valence-electron chi connectivity index (χ1n) is 6.44. The zero-order valence-corrected chi connectivity index (χ0v) is 12.3. The van der Waals surface area contributed by atoms with E-state index in [9.17, 15) is 9.90 Å². The molecule has 20 heavy (non-hydrogen) atoms. The van der Waals surface area contributed by atoms with E-state index >= 15 is 0 Å². The summed E-state index contributed by atoms with van der Waals surface area (Å²) in [5.74, 6) is 0.00980. The average molecular weight is 333 g/mol. The third-order valence-corrected chi connectivity index (χ3v) is 4.13. The minimum atomic E-state index is -0.931. The van der Waals surface area contributed by atoms with Gasteiger partial charge in [0, 0.05) is 4.47 Å². The third kappa shape index (κ3) is 2.43. The lowest BCUT2D eigenvalue weighted by atomic mass is 9.98. The maximum atomic E-state index is 11.2. The summed E-state index contributed by atoms with van der Waals surface area (Å²) in [7, 11) is 0. The van der Waals surface area contributed by atoms with Crippen LogP contribution in [0.3, 0.4) is 0 Å². The van der Waals surface area contributed by atoms with Gasteiger partial charge in [-0.15, -0.1) is 0 Å². The van der Waals surface area contributed by atoms with Gasteiger partial charge < -0.3 is 9.84 Å². The van der Waals surface area contributed by atoms with Crippen LogP contribution in [0.1, 0.15) is 22.3 Å². The average Bonchev–Trinajstić information content (AvgIpc) is 2.47. The van der Waals surface area contributed by atoms with Crippen molar-refractivity contribution in [3.63, 3.8) is 0 Å². The minimum absolute atomic E-state index is 0.275. The Hall–Kier alpha value is -1.81. The molecule has 0 saturated carbocycles. The number of aromatic carboxylic acids is 1. The Labute approximate surface area is 125 Å². The van der Waals surface area contributed by atoms with Gasteiger partial charge in [0.1, 0.15) is 5.75 Å². The number of halogens is 1. The zero-order valence-electron chi connectivity index (χ0n) is 10.7. The van der Waals surface area contributed by atoms with Gasteiger partial charge in [0.2, 0.25) is 0 Å². The number of hydrogen-bond donors (Lipinski definition) is 1. The smallest absolute Gasteiger partial charge is 0.336 e. The highest BCUT2D eigenvalue weighted by Gasteiger charge is 2.13. The van der Waals surface area contributed by atoms with E-state index < -0.39 is 5.97 Å². The van der Waals surface area contributed by atoms with Gasteiger partial charge in [-0.3, -0.25) is 0 Å². The molecule has 0 saturated heterocycles. The molecule has 1 N–H and O–H groups in total. The van der Waals surface area contributed by atoms with Gasteiger partial charge in [-0.1, -0.05) is 12.1 Å². The summed E-state index contributed by atoms with van der Waals surface area (Å²) < 4.78 is 6.19. The molecule has 0 atom stereocenters. The van der Waals surface area contributed by atoms with Gasteiger partial charge in [-0.2, -0.15) is 0 Å². The first kappa shape index (κ1) is 13.2. The van der Waals surface area contributed by atoms with Crippen LogP contribution in [-0.4, -0.2) is 17.7 Å². The van der Waals surface area contributed by atoms with E-state index in [-0.39, 0.29) is 5.56 Å². The van der Waals surface area contributed by atoms with Crippen LogP contribution in [0.2, 0.25) is 0 Å². The fourth-order valence-corrected chi connectivity index (χ4v) is 2.82. The molecule has 3 nitrogen and oxygen atoms in total. The quantitative estimate of drug-likeness (QED) is 0.898. The van der Waals surface area contributed by atoms with Gasteiger partial charge >= 0.3 is 5.97 Å². The van der Waals surface area contributed by atoms with Crippen molar-refractivity contribution in [2.24, 2.45) is 0 Å². The lowest BCUT2D eigenvalue weighted by Crippen LogP contribution is -2.08. The van der Waals surface area contributed by atoms with Crippen LogP contribution in [0.15, 0.2) is 40.9 Å². The molecule has 1 heterocycles. The summed E-state index contributed by atoms with van der Waals surface area (Å²) in [6.45, 7) is 0.772. The molecular weight excluding hydrogens is 320 g/mol. The Balaban J connectivity index is 2.05. The second-order valence-electron chi connectivity index (χ2n) is 4.77. The summed E-state index contributed by atoms with van der Waals surface area (Å²) in [4.78, 5) is 11.2. The van der Waals surface area contributed by atoms with Crippen molar-refractivity contribution < 1.29 is 14.6 Å². The molecule has 0 aromatic heterocycles. The predicted octanol–water partition coefficient (Wildman–Crippen LogP) is 4.14. The Morgan fingerprint density at radius 3 is 2.70 bits per heavy atom. The topological polar surface area (TPSA) is 46.5 Å². The molecule has 0 spiro atoms. The molecule has 0 unspecified atom stereocenters. The van der Waals surface area contributed by atoms with Gasteiger partial charge in [-0.25, -0.2) is 4.79 Å². The largest absolute Gasteiger partial charge is 0.493 e. The fourth-order valence-electron chi connectivity index (χ4n) is 2.41. The first-order chi connectivity index (χ1) is 9.65. The number of aryl methyl sites for hydroxylation is 1. The number of benzene rings is 2. The lowest BCUT2D eigenvalue weighted by molar-refractivity contribution is 0.0696. The summed E-state index contributed by atoms with van der Waals surface area (Å²) in [5.41, 5.74) is 3.38. The van der Waals surface area contributed by atoms with Crippen molar-refractivity contribution in [1.29, 1.82) is 0 Å². The summed E-state index contributed by atoms with van der Waals surface area (Å²) >= 11 is 3.26. The molecule has 0 aliphatic carbocycles. The predicted molar refractivity (Wildman–Crippen MR) is 80.4 cm³/mol. The number of rotatable bonds is 2. The number of fused-ring (bicyclic) bond motifs is 1. The van der Waals surface area contributed by atoms with Crippen molar-refractivity contribution in [3.05, 3.63) is 52.0 Å². The summed E-state index contributed by atoms with van der Waals surface area (Å²) in [6, 6.07) is 11.4. The molecule has 0 radical (unpaired) electrons. The molecule has 4 heteroatoms. The lowest BCUT2D eigenvalue weighted by Gasteiger charge is -2.18. The number of carboxylic acid groups (broad SMARTS) is 1. The molecule has 102 valence electrons. The number of ether oxygens (including phenoxy) is 1. The van der Waals surface area contributed by atoms with Crippen molar-refractivity contribution >= 4 is 21.9 Å². The van der Waals surface area contributed by atoms with Crippen LogP contribution in [0.5, 0.6) is 5.75 Å². The molecule has 3 rings (SSSR count). The van der Waals surface area contributed by atoms with E-state index in [4.69, 9.17) is 4.74 Å². The van der Waals surface area contributed by atoms with Gasteiger partial charge in [0.15, 0.2) is 0 Å². The highest BCUT2D eigenvalue weighted by molar-refractivity contribution is 9.10. The molecule has 0 amide bonds. The van der Waals surface area contributed by atoms with E-state index in [1.54, 1.807) is 12.1 Å². The van der Waals surface area contributed by atoms with Crippen LogP contribution in [-0.2, 0) is 6.42 Å². The van der Waals surface area contributed by atoms with Gasteiger partial charge in [0.25, 0.3) is 0 Å². The molecule has 1 aliphatic rings. The number of carboxylic acids is 1. The Morgan fingerprint density at radius 2 is 1.90 bits per heavy atom. The monoisotopic (exact) mass is 332 g/mol. The maximum absolute atomic E-state index is 11.2. The Bertz CT molecular complexity index is 679. The summed E-state index contributed by atoms with van der Waals surface area (Å²) in [6.07, 6.45) is 2.03. The minimum Gasteiger partial charge on any atom is -0.493 e. The molecule has 2 aromatic rings. The first-order valence-corrected chi connectivity index (χ1v) is 7.23. The highest BCUT2D eigenvalue weighted by Crippen LogP contribution is 2.31. The van der Waals surface area contributed by atoms with Crippen molar-refractivity contribution in [2.75, 3.05) is 6.61 Å². The second kappa shape index (κ2) is 5.29. The molecular formula is C16H13BrO3. The van der Waals surface area contributed by atoms with E-state index in [2.05, 4.69) is 22.0 Å². The molecule has 0 fully saturated rings. The van der Waals surface area contributed by atoms with Crippen LogP contribution < -0.4 is 4.74 Å². The Morgan fingerprint density at radius 1 is 1.15 bits per heavy atom. The SMILES string of the molecule is O=C(O)c1cc(-c2ccc3c(c2)CCCO3)ccc1Br. The standard InChI is InChI=1S/C16H13BrO3/c17-14-5-3-11(9-13(14)16(18)19)10-4-6-15-12(8-10)2-1-7-20-15/h3-6,8-9H,1-2,7H2,(H,18,19).